The Morgan fingerprint density at radius 2 is 2.17 bits per heavy atom. The molecular formula is C11H11BrN4O2. The lowest BCUT2D eigenvalue weighted by atomic mass is 10.1. The molecule has 0 fully saturated rings. The van der Waals surface area contributed by atoms with Gasteiger partial charge in [0, 0.05) is 11.4 Å². The average molecular weight is 311 g/mol. The predicted molar refractivity (Wildman–Crippen MR) is 70.1 cm³/mol. The predicted octanol–water partition coefficient (Wildman–Crippen LogP) is 2.69. The Morgan fingerprint density at radius 1 is 1.44 bits per heavy atom. The molecule has 0 bridgehead atoms. The summed E-state index contributed by atoms with van der Waals surface area (Å²) in [6, 6.07) is 3.23. The zero-order valence-electron chi connectivity index (χ0n) is 9.92. The molecule has 0 spiro atoms. The van der Waals surface area contributed by atoms with Crippen molar-refractivity contribution >= 4 is 21.6 Å². The number of nitrogens with zero attached hydrogens (tertiary/aromatic N) is 4. The molecule has 94 valence electrons. The monoisotopic (exact) mass is 310 g/mol. The van der Waals surface area contributed by atoms with E-state index in [1.165, 1.54) is 6.07 Å². The highest BCUT2D eigenvalue weighted by molar-refractivity contribution is 9.08. The lowest BCUT2D eigenvalue weighted by molar-refractivity contribution is -0.385. The summed E-state index contributed by atoms with van der Waals surface area (Å²) in [5.74, 6) is 0. The van der Waals surface area contributed by atoms with Crippen molar-refractivity contribution in [1.82, 2.24) is 15.0 Å². The summed E-state index contributed by atoms with van der Waals surface area (Å²) < 4.78 is 1.58. The van der Waals surface area contributed by atoms with Gasteiger partial charge in [-0.25, -0.2) is 4.68 Å². The molecule has 0 aliphatic heterocycles. The third kappa shape index (κ3) is 2.13. The van der Waals surface area contributed by atoms with Crippen LogP contribution in [0.25, 0.3) is 5.69 Å². The van der Waals surface area contributed by atoms with Gasteiger partial charge in [-0.3, -0.25) is 10.1 Å². The molecule has 1 aromatic heterocycles. The normalized spacial score (nSPS) is 10.6. The molecule has 0 aliphatic carbocycles. The first-order valence-corrected chi connectivity index (χ1v) is 6.39. The summed E-state index contributed by atoms with van der Waals surface area (Å²) in [4.78, 5) is 10.5. The molecule has 0 atom stereocenters. The van der Waals surface area contributed by atoms with E-state index in [9.17, 15) is 10.1 Å². The van der Waals surface area contributed by atoms with Crippen LogP contribution in [-0.2, 0) is 5.33 Å². The third-order valence-corrected chi connectivity index (χ3v) is 3.28. The van der Waals surface area contributed by atoms with E-state index in [1.807, 2.05) is 6.92 Å². The second kappa shape index (κ2) is 4.85. The van der Waals surface area contributed by atoms with Gasteiger partial charge in [0.25, 0.3) is 5.69 Å². The maximum Gasteiger partial charge on any atom is 0.274 e. The fraction of sp³-hybridized carbons (Fsp3) is 0.273. The summed E-state index contributed by atoms with van der Waals surface area (Å²) in [6.07, 6.45) is 1.76. The van der Waals surface area contributed by atoms with Crippen molar-refractivity contribution in [2.45, 2.75) is 19.2 Å². The van der Waals surface area contributed by atoms with Crippen molar-refractivity contribution in [2.24, 2.45) is 0 Å². The van der Waals surface area contributed by atoms with Crippen molar-refractivity contribution in [2.75, 3.05) is 0 Å². The first kappa shape index (κ1) is 12.7. The zero-order valence-corrected chi connectivity index (χ0v) is 11.5. The minimum atomic E-state index is -0.388. The van der Waals surface area contributed by atoms with E-state index in [0.29, 0.717) is 16.6 Å². The summed E-state index contributed by atoms with van der Waals surface area (Å²) in [7, 11) is 0. The van der Waals surface area contributed by atoms with E-state index in [-0.39, 0.29) is 10.6 Å². The summed E-state index contributed by atoms with van der Waals surface area (Å²) in [5, 5.41) is 19.5. The summed E-state index contributed by atoms with van der Waals surface area (Å²) in [5.41, 5.74) is 3.09. The van der Waals surface area contributed by atoms with E-state index in [4.69, 9.17) is 0 Å². The van der Waals surface area contributed by atoms with Crippen LogP contribution in [0.3, 0.4) is 0 Å². The fourth-order valence-electron chi connectivity index (χ4n) is 1.84. The smallest absolute Gasteiger partial charge is 0.258 e. The van der Waals surface area contributed by atoms with Gasteiger partial charge >= 0.3 is 0 Å². The maximum absolute atomic E-state index is 10.9. The molecule has 1 aromatic carbocycles. The molecule has 2 rings (SSSR count). The van der Waals surface area contributed by atoms with E-state index < -0.39 is 0 Å². The third-order valence-electron chi connectivity index (χ3n) is 2.71. The Hall–Kier alpha value is -1.76. The lowest BCUT2D eigenvalue weighted by Gasteiger charge is -2.08. The molecule has 0 N–H and O–H groups in total. The van der Waals surface area contributed by atoms with Crippen LogP contribution in [-0.4, -0.2) is 19.9 Å². The number of aromatic nitrogens is 3. The van der Waals surface area contributed by atoms with Crippen molar-refractivity contribution in [3.05, 3.63) is 45.3 Å². The molecule has 0 aliphatic rings. The number of aryl methyl sites for hydroxylation is 1. The number of nitro groups is 1. The van der Waals surface area contributed by atoms with Crippen LogP contribution in [0.15, 0.2) is 18.3 Å². The molecule has 6 nitrogen and oxygen atoms in total. The number of nitro benzene ring substituents is 1. The topological polar surface area (TPSA) is 73.8 Å². The quantitative estimate of drug-likeness (QED) is 0.496. The Balaban J connectivity index is 2.62. The van der Waals surface area contributed by atoms with Crippen molar-refractivity contribution in [1.29, 1.82) is 0 Å². The minimum Gasteiger partial charge on any atom is -0.258 e. The second-order valence-electron chi connectivity index (χ2n) is 3.92. The number of hydrogen-bond donors (Lipinski definition) is 0. The molecule has 2 aromatic rings. The van der Waals surface area contributed by atoms with Crippen LogP contribution in [0.2, 0.25) is 0 Å². The minimum absolute atomic E-state index is 0.0893. The van der Waals surface area contributed by atoms with Gasteiger partial charge in [-0.05, 0) is 19.4 Å². The number of halogens is 1. The molecule has 0 amide bonds. The lowest BCUT2D eigenvalue weighted by Crippen LogP contribution is -2.04. The maximum atomic E-state index is 10.9. The first-order chi connectivity index (χ1) is 8.54. The highest BCUT2D eigenvalue weighted by Gasteiger charge is 2.17. The summed E-state index contributed by atoms with van der Waals surface area (Å²) >= 11 is 3.29. The number of benzene rings is 1. The van der Waals surface area contributed by atoms with Gasteiger partial charge in [0.15, 0.2) is 0 Å². The van der Waals surface area contributed by atoms with Crippen molar-refractivity contribution < 1.29 is 4.92 Å². The SMILES string of the molecule is Cc1ccc([N+](=O)[O-])c(C)c1-n1cc(CBr)nn1. The van der Waals surface area contributed by atoms with Gasteiger partial charge in [0.1, 0.15) is 0 Å². The van der Waals surface area contributed by atoms with Gasteiger partial charge in [0.05, 0.1) is 28.1 Å². The van der Waals surface area contributed by atoms with Crippen LogP contribution in [0.1, 0.15) is 16.8 Å². The molecule has 18 heavy (non-hydrogen) atoms. The van der Waals surface area contributed by atoms with E-state index in [2.05, 4.69) is 26.2 Å². The molecule has 0 saturated carbocycles. The largest absolute Gasteiger partial charge is 0.274 e. The molecule has 7 heteroatoms. The molecule has 0 unspecified atom stereocenters. The zero-order chi connectivity index (χ0) is 13.3. The average Bonchev–Trinajstić information content (AvgIpc) is 2.77. The standard InChI is InChI=1S/C11H11BrN4O2/c1-7-3-4-10(16(17)18)8(2)11(7)15-6-9(5-12)13-14-15/h3-4,6H,5H2,1-2H3. The Morgan fingerprint density at radius 3 is 2.72 bits per heavy atom. The molecular weight excluding hydrogens is 300 g/mol. The van der Waals surface area contributed by atoms with Gasteiger partial charge in [-0.2, -0.15) is 0 Å². The van der Waals surface area contributed by atoms with E-state index in [1.54, 1.807) is 23.9 Å². The first-order valence-electron chi connectivity index (χ1n) is 5.26. The van der Waals surface area contributed by atoms with Crippen molar-refractivity contribution in [3.8, 4) is 5.69 Å². The Bertz CT molecular complexity index is 609. The Kier molecular flexibility index (Phi) is 3.42. The van der Waals surface area contributed by atoms with Crippen LogP contribution in [0.4, 0.5) is 5.69 Å². The number of hydrogen-bond acceptors (Lipinski definition) is 4. The van der Waals surface area contributed by atoms with Gasteiger partial charge in [-0.1, -0.05) is 27.2 Å². The Labute approximate surface area is 112 Å². The van der Waals surface area contributed by atoms with E-state index >= 15 is 0 Å². The molecule has 1 heterocycles. The number of alkyl halides is 1. The van der Waals surface area contributed by atoms with Gasteiger partial charge in [-0.15, -0.1) is 5.10 Å². The molecule has 0 radical (unpaired) electrons. The van der Waals surface area contributed by atoms with Gasteiger partial charge < -0.3 is 0 Å². The van der Waals surface area contributed by atoms with E-state index in [0.717, 1.165) is 11.3 Å². The van der Waals surface area contributed by atoms with Gasteiger partial charge in [0.2, 0.25) is 0 Å². The second-order valence-corrected chi connectivity index (χ2v) is 4.48. The van der Waals surface area contributed by atoms with Crippen LogP contribution in [0, 0.1) is 24.0 Å². The highest BCUT2D eigenvalue weighted by atomic mass is 79.9. The van der Waals surface area contributed by atoms with Crippen molar-refractivity contribution in [3.63, 3.8) is 0 Å². The molecule has 0 saturated heterocycles. The highest BCUT2D eigenvalue weighted by Crippen LogP contribution is 2.27. The van der Waals surface area contributed by atoms with Crippen LogP contribution >= 0.6 is 15.9 Å². The summed E-state index contributed by atoms with van der Waals surface area (Å²) in [6.45, 7) is 3.61. The van der Waals surface area contributed by atoms with Crippen LogP contribution in [0.5, 0.6) is 0 Å². The van der Waals surface area contributed by atoms with Crippen LogP contribution < -0.4 is 0 Å². The fourth-order valence-corrected chi connectivity index (χ4v) is 2.10. The number of rotatable bonds is 3.